The number of thiophene rings is 2. The van der Waals surface area contributed by atoms with Gasteiger partial charge in [0.1, 0.15) is 11.2 Å². The number of hydrogen-bond acceptors (Lipinski definition) is 4. The molecule has 0 amide bonds. The summed E-state index contributed by atoms with van der Waals surface area (Å²) in [4.78, 5) is 2.46. The lowest BCUT2D eigenvalue weighted by atomic mass is 10.0. The molecule has 0 saturated heterocycles. The van der Waals surface area contributed by atoms with Crippen LogP contribution >= 0.6 is 22.7 Å². The molecule has 0 unspecified atom stereocenters. The van der Waals surface area contributed by atoms with Crippen molar-refractivity contribution in [2.75, 3.05) is 4.90 Å². The van der Waals surface area contributed by atoms with E-state index in [1.54, 1.807) is 0 Å². The lowest BCUT2D eigenvalue weighted by Crippen LogP contribution is -2.10. The summed E-state index contributed by atoms with van der Waals surface area (Å²) < 4.78 is 11.7. The van der Waals surface area contributed by atoms with Crippen LogP contribution in [0.5, 0.6) is 0 Å². The highest BCUT2D eigenvalue weighted by Gasteiger charge is 2.24. The van der Waals surface area contributed by atoms with E-state index in [0.29, 0.717) is 0 Å². The van der Waals surface area contributed by atoms with Crippen molar-refractivity contribution in [3.05, 3.63) is 164 Å². The minimum Gasteiger partial charge on any atom is -0.455 e. The van der Waals surface area contributed by atoms with Crippen LogP contribution in [-0.4, -0.2) is 0 Å². The summed E-state index contributed by atoms with van der Waals surface area (Å²) in [6.45, 7) is 0. The average Bonchev–Trinajstić information content (AvgIpc) is 3.85. The Morgan fingerprint density at radius 2 is 1.14 bits per heavy atom. The molecule has 0 fully saturated rings. The van der Waals surface area contributed by atoms with Gasteiger partial charge in [-0.3, -0.25) is 0 Å². The SMILES string of the molecule is c1ccc(-c2cccc(N(c3ccc4c(c3)sc3cc5ccccc5cc34)c3cc4c5ccccc5oc4c4c3sc3ccccc34)c2)cc1. The number of anilines is 3. The second-order valence-electron chi connectivity index (χ2n) is 12.9. The summed E-state index contributed by atoms with van der Waals surface area (Å²) in [7, 11) is 0. The summed E-state index contributed by atoms with van der Waals surface area (Å²) >= 11 is 3.71. The van der Waals surface area contributed by atoms with Gasteiger partial charge in [-0.1, -0.05) is 109 Å². The average molecular weight is 674 g/mol. The Hall–Kier alpha value is -5.94. The summed E-state index contributed by atoms with van der Waals surface area (Å²) in [5.74, 6) is 0. The molecule has 0 bridgehead atoms. The standard InChI is InChI=1S/C46H27NOS2/c1-2-11-28(12-3-1)29-15-10-16-32(23-29)47(33-21-22-35-37-24-30-13-4-5-14-31(30)25-42(37)49-43(35)26-33)39-27-38-34-17-6-8-19-40(34)48-45(38)44-36-18-7-9-20-41(36)50-46(39)44/h1-27H. The Kier molecular flexibility index (Phi) is 6.03. The maximum absolute atomic E-state index is 6.67. The first kappa shape index (κ1) is 28.0. The topological polar surface area (TPSA) is 16.4 Å². The first-order chi connectivity index (χ1) is 24.8. The molecule has 0 saturated carbocycles. The minimum absolute atomic E-state index is 0.910. The zero-order chi connectivity index (χ0) is 32.8. The highest BCUT2D eigenvalue weighted by Crippen LogP contribution is 2.51. The van der Waals surface area contributed by atoms with Crippen LogP contribution < -0.4 is 4.90 Å². The van der Waals surface area contributed by atoms with E-state index < -0.39 is 0 Å². The quantitative estimate of drug-likeness (QED) is 0.185. The number of furan rings is 1. The predicted molar refractivity (Wildman–Crippen MR) is 217 cm³/mol. The molecule has 0 radical (unpaired) electrons. The van der Waals surface area contributed by atoms with Gasteiger partial charge in [-0.25, -0.2) is 0 Å². The van der Waals surface area contributed by atoms with Crippen LogP contribution in [0.25, 0.3) is 84.2 Å². The molecule has 0 N–H and O–H groups in total. The maximum atomic E-state index is 6.67. The molecular weight excluding hydrogens is 647 g/mol. The number of para-hydroxylation sites is 1. The predicted octanol–water partition coefficient (Wildman–Crippen LogP) is 14.6. The highest BCUT2D eigenvalue weighted by molar-refractivity contribution is 7.26. The largest absolute Gasteiger partial charge is 0.455 e. The van der Waals surface area contributed by atoms with Gasteiger partial charge in [-0.2, -0.15) is 0 Å². The first-order valence-corrected chi connectivity index (χ1v) is 18.5. The zero-order valence-electron chi connectivity index (χ0n) is 26.8. The monoisotopic (exact) mass is 673 g/mol. The fraction of sp³-hybridized carbons (Fsp3) is 0. The Balaban J connectivity index is 1.23. The van der Waals surface area contributed by atoms with Gasteiger partial charge in [0.05, 0.1) is 10.4 Å². The van der Waals surface area contributed by atoms with E-state index in [0.717, 1.165) is 39.0 Å². The van der Waals surface area contributed by atoms with Gasteiger partial charge in [-0.15, -0.1) is 22.7 Å². The smallest absolute Gasteiger partial charge is 0.144 e. The van der Waals surface area contributed by atoms with Gasteiger partial charge in [0, 0.05) is 57.8 Å². The van der Waals surface area contributed by atoms with Crippen LogP contribution in [0.3, 0.4) is 0 Å². The molecule has 3 aromatic heterocycles. The van der Waals surface area contributed by atoms with E-state index >= 15 is 0 Å². The third-order valence-corrected chi connectivity index (χ3v) is 12.3. The Morgan fingerprint density at radius 3 is 2.04 bits per heavy atom. The molecule has 11 aromatic rings. The van der Waals surface area contributed by atoms with Crippen LogP contribution in [0.4, 0.5) is 17.1 Å². The van der Waals surface area contributed by atoms with Gasteiger partial charge in [0.2, 0.25) is 0 Å². The zero-order valence-corrected chi connectivity index (χ0v) is 28.4. The molecular formula is C46H27NOS2. The lowest BCUT2D eigenvalue weighted by molar-refractivity contribution is 0.673. The number of nitrogens with zero attached hydrogens (tertiary/aromatic N) is 1. The van der Waals surface area contributed by atoms with Crippen molar-refractivity contribution >= 4 is 113 Å². The van der Waals surface area contributed by atoms with Crippen molar-refractivity contribution in [3.63, 3.8) is 0 Å². The molecule has 0 aliphatic heterocycles. The summed E-state index contributed by atoms with van der Waals surface area (Å²) in [5.41, 5.74) is 7.64. The third-order valence-electron chi connectivity index (χ3n) is 10.0. The van der Waals surface area contributed by atoms with E-state index in [1.165, 1.54) is 62.2 Å². The number of hydrogen-bond donors (Lipinski definition) is 0. The molecule has 0 atom stereocenters. The molecule has 0 spiro atoms. The molecule has 11 rings (SSSR count). The Labute approximate surface area is 295 Å². The van der Waals surface area contributed by atoms with Crippen molar-refractivity contribution in [1.82, 2.24) is 0 Å². The second-order valence-corrected chi connectivity index (χ2v) is 15.0. The van der Waals surface area contributed by atoms with Crippen LogP contribution in [0.2, 0.25) is 0 Å². The molecule has 8 aromatic carbocycles. The number of benzene rings is 8. The van der Waals surface area contributed by atoms with Crippen molar-refractivity contribution in [2.45, 2.75) is 0 Å². The molecule has 0 aliphatic rings. The maximum Gasteiger partial charge on any atom is 0.144 e. The second kappa shape index (κ2) is 10.8. The fourth-order valence-electron chi connectivity index (χ4n) is 7.69. The van der Waals surface area contributed by atoms with Gasteiger partial charge in [0.15, 0.2) is 0 Å². The van der Waals surface area contributed by atoms with E-state index in [-0.39, 0.29) is 0 Å². The number of fused-ring (bicyclic) bond motifs is 11. The van der Waals surface area contributed by atoms with Gasteiger partial charge >= 0.3 is 0 Å². The number of rotatable bonds is 4. The van der Waals surface area contributed by atoms with Crippen molar-refractivity contribution in [2.24, 2.45) is 0 Å². The minimum atomic E-state index is 0.910. The molecule has 0 aliphatic carbocycles. The van der Waals surface area contributed by atoms with Crippen molar-refractivity contribution in [3.8, 4) is 11.1 Å². The fourth-order valence-corrected chi connectivity index (χ4v) is 10.1. The summed E-state index contributed by atoms with van der Waals surface area (Å²) in [6.07, 6.45) is 0. The molecule has 234 valence electrons. The highest BCUT2D eigenvalue weighted by atomic mass is 32.1. The first-order valence-electron chi connectivity index (χ1n) is 16.8. The molecule has 4 heteroatoms. The third kappa shape index (κ3) is 4.19. The van der Waals surface area contributed by atoms with Gasteiger partial charge in [-0.05, 0) is 76.5 Å². The van der Waals surface area contributed by atoms with Crippen LogP contribution in [-0.2, 0) is 0 Å². The van der Waals surface area contributed by atoms with Crippen molar-refractivity contribution in [1.29, 1.82) is 0 Å². The van der Waals surface area contributed by atoms with Crippen LogP contribution in [0.15, 0.2) is 168 Å². The van der Waals surface area contributed by atoms with Crippen molar-refractivity contribution < 1.29 is 4.42 Å². The summed E-state index contributed by atoms with van der Waals surface area (Å²) in [6, 6.07) is 59.5. The normalized spacial score (nSPS) is 12.0. The van der Waals surface area contributed by atoms with Gasteiger partial charge in [0.25, 0.3) is 0 Å². The molecule has 3 heterocycles. The summed E-state index contributed by atoms with van der Waals surface area (Å²) in [5, 5.41) is 9.81. The lowest BCUT2D eigenvalue weighted by Gasteiger charge is -2.27. The molecule has 50 heavy (non-hydrogen) atoms. The van der Waals surface area contributed by atoms with Crippen LogP contribution in [0.1, 0.15) is 0 Å². The van der Waals surface area contributed by atoms with E-state index in [1.807, 2.05) is 22.7 Å². The molecule has 2 nitrogen and oxygen atoms in total. The van der Waals surface area contributed by atoms with E-state index in [9.17, 15) is 0 Å². The Bertz CT molecular complexity index is 3110. The van der Waals surface area contributed by atoms with E-state index in [2.05, 4.69) is 169 Å². The van der Waals surface area contributed by atoms with Gasteiger partial charge < -0.3 is 9.32 Å². The van der Waals surface area contributed by atoms with Crippen LogP contribution in [0, 0.1) is 0 Å². The Morgan fingerprint density at radius 1 is 0.420 bits per heavy atom. The van der Waals surface area contributed by atoms with E-state index in [4.69, 9.17) is 4.42 Å².